The zero-order valence-corrected chi connectivity index (χ0v) is 21.9. The number of nitrogen functional groups attached to an aromatic ring is 1. The molecule has 2 fully saturated rings. The van der Waals surface area contributed by atoms with Crippen LogP contribution in [0.15, 0.2) is 55.1 Å². The second kappa shape index (κ2) is 8.40. The highest BCUT2D eigenvalue weighted by Gasteiger charge is 2.57. The summed E-state index contributed by atoms with van der Waals surface area (Å²) in [6.07, 6.45) is 9.41. The first-order valence-electron chi connectivity index (χ1n) is 13.2. The molecule has 0 aliphatic heterocycles. The van der Waals surface area contributed by atoms with E-state index >= 15 is 0 Å². The Hall–Kier alpha value is -4.71. The van der Waals surface area contributed by atoms with Crippen molar-refractivity contribution in [2.75, 3.05) is 5.73 Å². The Labute approximate surface area is 225 Å². The van der Waals surface area contributed by atoms with Crippen LogP contribution in [0.3, 0.4) is 0 Å². The van der Waals surface area contributed by atoms with Gasteiger partial charge in [0.1, 0.15) is 29.2 Å². The molecular weight excluding hydrogens is 488 g/mol. The number of anilines is 1. The second-order valence-corrected chi connectivity index (χ2v) is 10.8. The maximum atomic E-state index is 13.2. The molecular formula is C30H28N8O. The molecule has 2 saturated carbocycles. The quantitative estimate of drug-likeness (QED) is 0.346. The minimum absolute atomic E-state index is 0.0897. The minimum atomic E-state index is -0.294. The van der Waals surface area contributed by atoms with Crippen LogP contribution in [-0.4, -0.2) is 40.7 Å². The number of nitrogens with one attached hydrogen (secondary N) is 1. The third kappa shape index (κ3) is 3.44. The summed E-state index contributed by atoms with van der Waals surface area (Å²) in [7, 11) is 1.79. The summed E-state index contributed by atoms with van der Waals surface area (Å²) in [5.41, 5.74) is 11.0. The molecule has 0 spiro atoms. The van der Waals surface area contributed by atoms with Gasteiger partial charge < -0.3 is 15.6 Å². The van der Waals surface area contributed by atoms with Crippen molar-refractivity contribution in [3.05, 3.63) is 66.5 Å². The Bertz CT molecular complexity index is 1850. The fourth-order valence-corrected chi connectivity index (χ4v) is 6.87. The van der Waals surface area contributed by atoms with Gasteiger partial charge >= 0.3 is 0 Å². The van der Waals surface area contributed by atoms with Crippen LogP contribution in [-0.2, 0) is 12.6 Å². The summed E-state index contributed by atoms with van der Waals surface area (Å²) in [5, 5.41) is 9.37. The number of rotatable bonds is 4. The maximum absolute atomic E-state index is 13.2. The predicted octanol–water partition coefficient (Wildman–Crippen LogP) is 4.18. The monoisotopic (exact) mass is 516 g/mol. The van der Waals surface area contributed by atoms with Crippen molar-refractivity contribution >= 4 is 33.7 Å². The molecule has 4 aromatic heterocycles. The zero-order chi connectivity index (χ0) is 26.8. The Morgan fingerprint density at radius 2 is 1.92 bits per heavy atom. The third-order valence-corrected chi connectivity index (χ3v) is 8.61. The van der Waals surface area contributed by atoms with Gasteiger partial charge in [-0.3, -0.25) is 14.5 Å². The van der Waals surface area contributed by atoms with Gasteiger partial charge in [-0.15, -0.1) is 0 Å². The van der Waals surface area contributed by atoms with Gasteiger partial charge in [0.2, 0.25) is 0 Å². The number of nitrogens with two attached hydrogens (primary N) is 1. The van der Waals surface area contributed by atoms with Gasteiger partial charge in [0.05, 0.1) is 10.9 Å². The van der Waals surface area contributed by atoms with E-state index in [0.717, 1.165) is 70.9 Å². The van der Waals surface area contributed by atoms with Crippen molar-refractivity contribution in [2.45, 2.75) is 50.1 Å². The molecule has 4 heterocycles. The molecule has 2 bridgehead atoms. The number of para-hydroxylation sites is 1. The van der Waals surface area contributed by atoms with Crippen molar-refractivity contribution in [1.82, 2.24) is 34.6 Å². The van der Waals surface area contributed by atoms with Gasteiger partial charge in [-0.1, -0.05) is 24.1 Å². The van der Waals surface area contributed by atoms with E-state index < -0.39 is 0 Å². The van der Waals surface area contributed by atoms with E-state index in [4.69, 9.17) is 15.7 Å². The van der Waals surface area contributed by atoms with Crippen LogP contribution in [0.1, 0.15) is 55.2 Å². The first-order chi connectivity index (χ1) is 18.9. The number of benzene rings is 1. The lowest BCUT2D eigenvalue weighted by Crippen LogP contribution is -2.45. The summed E-state index contributed by atoms with van der Waals surface area (Å²) in [6, 6.07) is 11.9. The molecule has 2 aliphatic rings. The molecule has 39 heavy (non-hydrogen) atoms. The Balaban J connectivity index is 1.39. The van der Waals surface area contributed by atoms with Crippen molar-refractivity contribution in [2.24, 2.45) is 7.05 Å². The van der Waals surface area contributed by atoms with Crippen LogP contribution in [0.5, 0.6) is 0 Å². The van der Waals surface area contributed by atoms with Gasteiger partial charge in [-0.25, -0.2) is 9.97 Å². The summed E-state index contributed by atoms with van der Waals surface area (Å²) < 4.78 is 3.91. The second-order valence-electron chi connectivity index (χ2n) is 10.8. The van der Waals surface area contributed by atoms with Crippen LogP contribution in [0.2, 0.25) is 0 Å². The SMILES string of the molecule is CC#Cc1c(-c2cnc3ccccc3c2)c2c(N)ncnc2n1C12CCC(NC(=O)c3ccnn3C)(CC1)C2. The molecule has 194 valence electrons. The molecule has 7 rings (SSSR count). The highest BCUT2D eigenvalue weighted by atomic mass is 16.2. The van der Waals surface area contributed by atoms with Crippen LogP contribution >= 0.6 is 0 Å². The number of aryl methyl sites for hydroxylation is 1. The van der Waals surface area contributed by atoms with E-state index in [9.17, 15) is 4.79 Å². The first kappa shape index (κ1) is 23.4. The lowest BCUT2D eigenvalue weighted by atomic mass is 9.90. The minimum Gasteiger partial charge on any atom is -0.383 e. The van der Waals surface area contributed by atoms with Gasteiger partial charge in [0.15, 0.2) is 0 Å². The lowest BCUT2D eigenvalue weighted by molar-refractivity contribution is 0.0891. The average Bonchev–Trinajstić information content (AvgIpc) is 3.70. The Morgan fingerprint density at radius 3 is 2.69 bits per heavy atom. The highest BCUT2D eigenvalue weighted by Crippen LogP contribution is 2.57. The average molecular weight is 517 g/mol. The van der Waals surface area contributed by atoms with Gasteiger partial charge in [-0.2, -0.15) is 5.10 Å². The van der Waals surface area contributed by atoms with E-state index in [1.165, 1.54) is 6.33 Å². The van der Waals surface area contributed by atoms with E-state index in [1.807, 2.05) is 31.3 Å². The van der Waals surface area contributed by atoms with Crippen LogP contribution in [0.25, 0.3) is 33.1 Å². The number of amides is 1. The summed E-state index contributed by atoms with van der Waals surface area (Å²) in [5.74, 6) is 6.88. The van der Waals surface area contributed by atoms with E-state index in [2.05, 4.69) is 43.9 Å². The number of carbonyl (C=O) groups excluding carboxylic acids is 1. The molecule has 0 unspecified atom stereocenters. The number of nitrogens with zero attached hydrogens (tertiary/aromatic N) is 6. The van der Waals surface area contributed by atoms with Gasteiger partial charge in [0.25, 0.3) is 5.91 Å². The molecule has 9 heteroatoms. The summed E-state index contributed by atoms with van der Waals surface area (Å²) >= 11 is 0. The third-order valence-electron chi connectivity index (χ3n) is 8.61. The van der Waals surface area contributed by atoms with E-state index in [-0.39, 0.29) is 17.0 Å². The van der Waals surface area contributed by atoms with Crippen LogP contribution in [0, 0.1) is 11.8 Å². The Morgan fingerprint density at radius 1 is 1.10 bits per heavy atom. The standard InChI is InChI=1S/C30H28N8O/c1-3-6-22-24(20-15-19-7-4-5-8-21(19)32-16-20)25-26(31)33-18-34-27(25)38(22)30-12-10-29(17-30,11-13-30)36-28(39)23-9-14-35-37(23)2/h4-5,7-9,14-16,18H,10-13,17H2,1-2H3,(H,36,39)(H2,31,33,34). The van der Waals surface area contributed by atoms with Crippen molar-refractivity contribution < 1.29 is 4.79 Å². The molecule has 5 aromatic rings. The lowest BCUT2D eigenvalue weighted by Gasteiger charge is -2.30. The van der Waals surface area contributed by atoms with E-state index in [0.29, 0.717) is 11.5 Å². The molecule has 0 atom stereocenters. The van der Waals surface area contributed by atoms with Crippen molar-refractivity contribution in [3.8, 4) is 23.0 Å². The summed E-state index contributed by atoms with van der Waals surface area (Å²) in [4.78, 5) is 27.0. The number of aromatic nitrogens is 6. The number of pyridine rings is 1. The van der Waals surface area contributed by atoms with Gasteiger partial charge in [0, 0.05) is 47.0 Å². The smallest absolute Gasteiger partial charge is 0.269 e. The fourth-order valence-electron chi connectivity index (χ4n) is 6.87. The fraction of sp³-hybridized carbons (Fsp3) is 0.300. The molecule has 1 amide bonds. The van der Waals surface area contributed by atoms with Crippen LogP contribution in [0.4, 0.5) is 5.82 Å². The molecule has 1 aromatic carbocycles. The predicted molar refractivity (Wildman–Crippen MR) is 150 cm³/mol. The molecule has 3 N–H and O–H groups in total. The highest BCUT2D eigenvalue weighted by molar-refractivity contribution is 6.04. The van der Waals surface area contributed by atoms with Crippen LogP contribution < -0.4 is 11.1 Å². The summed E-state index contributed by atoms with van der Waals surface area (Å²) in [6.45, 7) is 1.85. The van der Waals surface area contributed by atoms with E-state index in [1.54, 1.807) is 24.0 Å². The molecule has 0 saturated heterocycles. The van der Waals surface area contributed by atoms with Crippen molar-refractivity contribution in [3.63, 3.8) is 0 Å². The Kier molecular flexibility index (Phi) is 5.04. The topological polar surface area (TPSA) is 117 Å². The number of fused-ring (bicyclic) bond motifs is 4. The zero-order valence-electron chi connectivity index (χ0n) is 21.9. The number of carbonyl (C=O) groups is 1. The number of hydrogen-bond acceptors (Lipinski definition) is 6. The first-order valence-corrected chi connectivity index (χ1v) is 13.2. The maximum Gasteiger partial charge on any atom is 0.269 e. The van der Waals surface area contributed by atoms with Gasteiger partial charge in [-0.05, 0) is 63.1 Å². The molecule has 2 aliphatic carbocycles. The normalized spacial score (nSPS) is 21.8. The van der Waals surface area contributed by atoms with Crippen molar-refractivity contribution in [1.29, 1.82) is 0 Å². The number of hydrogen-bond donors (Lipinski definition) is 2. The molecule has 9 nitrogen and oxygen atoms in total. The molecule has 0 radical (unpaired) electrons. The largest absolute Gasteiger partial charge is 0.383 e.